The average Bonchev–Trinajstić information content (AvgIpc) is 2.42. The van der Waals surface area contributed by atoms with Crippen LogP contribution in [0.5, 0.6) is 0 Å². The van der Waals surface area contributed by atoms with Crippen LogP contribution in [0.1, 0.15) is 12.5 Å². The zero-order chi connectivity index (χ0) is 14.7. The quantitative estimate of drug-likeness (QED) is 0.839. The van der Waals surface area contributed by atoms with Crippen molar-refractivity contribution in [2.24, 2.45) is 0 Å². The van der Waals surface area contributed by atoms with Crippen molar-refractivity contribution in [3.05, 3.63) is 26.6 Å². The van der Waals surface area contributed by atoms with Gasteiger partial charge in [-0.25, -0.2) is 0 Å². The molecule has 6 heteroatoms. The molecule has 1 aliphatic rings. The van der Waals surface area contributed by atoms with Crippen LogP contribution in [-0.2, 0) is 9.53 Å². The Kier molecular flexibility index (Phi) is 5.46. The Morgan fingerprint density at radius 2 is 1.85 bits per heavy atom. The smallest absolute Gasteiger partial charge is 0.244 e. The van der Waals surface area contributed by atoms with Crippen molar-refractivity contribution in [2.45, 2.75) is 19.9 Å². The summed E-state index contributed by atoms with van der Waals surface area (Å²) in [4.78, 5) is 14.2. The molecular weight excluding hydrogens is 388 g/mol. The number of halogens is 2. The molecule has 4 nitrogen and oxygen atoms in total. The molecule has 1 saturated heterocycles. The first-order chi connectivity index (χ1) is 9.49. The van der Waals surface area contributed by atoms with Gasteiger partial charge in [0.15, 0.2) is 0 Å². The summed E-state index contributed by atoms with van der Waals surface area (Å²) >= 11 is 7.07. The zero-order valence-electron chi connectivity index (χ0n) is 11.6. The van der Waals surface area contributed by atoms with Crippen molar-refractivity contribution < 1.29 is 9.53 Å². The van der Waals surface area contributed by atoms with Crippen molar-refractivity contribution in [3.8, 4) is 0 Å². The third-order valence-electron chi connectivity index (χ3n) is 3.24. The van der Waals surface area contributed by atoms with Crippen LogP contribution >= 0.6 is 31.9 Å². The lowest BCUT2D eigenvalue weighted by atomic mass is 10.2. The summed E-state index contributed by atoms with van der Waals surface area (Å²) in [7, 11) is 0. The number of aryl methyl sites for hydroxylation is 1. The van der Waals surface area contributed by atoms with Gasteiger partial charge >= 0.3 is 0 Å². The third kappa shape index (κ3) is 3.74. The summed E-state index contributed by atoms with van der Waals surface area (Å²) in [6, 6.07) is 3.78. The minimum Gasteiger partial charge on any atom is -0.378 e. The van der Waals surface area contributed by atoms with Crippen LogP contribution in [0.15, 0.2) is 21.1 Å². The van der Waals surface area contributed by atoms with E-state index in [-0.39, 0.29) is 11.9 Å². The predicted molar refractivity (Wildman–Crippen MR) is 87.1 cm³/mol. The van der Waals surface area contributed by atoms with Crippen LogP contribution in [0.25, 0.3) is 0 Å². The number of hydrogen-bond acceptors (Lipinski definition) is 3. The van der Waals surface area contributed by atoms with Gasteiger partial charge in [-0.2, -0.15) is 0 Å². The number of rotatable bonds is 3. The molecule has 1 amide bonds. The molecule has 1 aliphatic heterocycles. The van der Waals surface area contributed by atoms with Gasteiger partial charge in [-0.05, 0) is 63.4 Å². The maximum absolute atomic E-state index is 12.4. The lowest BCUT2D eigenvalue weighted by molar-refractivity contribution is -0.135. The maximum atomic E-state index is 12.4. The Labute approximate surface area is 136 Å². The van der Waals surface area contributed by atoms with Crippen LogP contribution in [0.3, 0.4) is 0 Å². The number of hydrogen-bond donors (Lipinski definition) is 1. The van der Waals surface area contributed by atoms with Crippen LogP contribution in [0, 0.1) is 6.92 Å². The van der Waals surface area contributed by atoms with E-state index in [1.165, 1.54) is 0 Å². The van der Waals surface area contributed by atoms with E-state index in [1.54, 1.807) is 0 Å². The van der Waals surface area contributed by atoms with Gasteiger partial charge in [0.2, 0.25) is 5.91 Å². The second-order valence-corrected chi connectivity index (χ2v) is 6.62. The molecule has 1 fully saturated rings. The van der Waals surface area contributed by atoms with Gasteiger partial charge in [0.1, 0.15) is 6.04 Å². The second-order valence-electron chi connectivity index (χ2n) is 4.91. The minimum absolute atomic E-state index is 0.104. The number of benzene rings is 1. The van der Waals surface area contributed by atoms with Crippen LogP contribution in [0.4, 0.5) is 5.69 Å². The molecule has 1 aromatic rings. The fourth-order valence-corrected chi connectivity index (χ4v) is 3.82. The molecule has 2 rings (SSSR count). The van der Waals surface area contributed by atoms with E-state index >= 15 is 0 Å². The first kappa shape index (κ1) is 15.8. The van der Waals surface area contributed by atoms with Gasteiger partial charge in [-0.15, -0.1) is 0 Å². The van der Waals surface area contributed by atoms with E-state index in [9.17, 15) is 4.79 Å². The highest BCUT2D eigenvalue weighted by atomic mass is 79.9. The molecule has 110 valence electrons. The molecule has 1 N–H and O–H groups in total. The number of carbonyl (C=O) groups is 1. The van der Waals surface area contributed by atoms with Crippen LogP contribution < -0.4 is 5.32 Å². The molecule has 1 aromatic carbocycles. The number of ether oxygens (including phenoxy) is 1. The molecule has 0 bridgehead atoms. The van der Waals surface area contributed by atoms with Crippen LogP contribution in [0.2, 0.25) is 0 Å². The molecule has 0 radical (unpaired) electrons. The van der Waals surface area contributed by atoms with Gasteiger partial charge in [0, 0.05) is 22.0 Å². The van der Waals surface area contributed by atoms with Crippen molar-refractivity contribution in [1.82, 2.24) is 4.90 Å². The Morgan fingerprint density at radius 3 is 2.40 bits per heavy atom. The van der Waals surface area contributed by atoms with Crippen molar-refractivity contribution in [2.75, 3.05) is 31.6 Å². The van der Waals surface area contributed by atoms with E-state index in [2.05, 4.69) is 37.2 Å². The Morgan fingerprint density at radius 1 is 1.30 bits per heavy atom. The number of carbonyl (C=O) groups excluding carboxylic acids is 1. The molecule has 0 aromatic heterocycles. The number of nitrogens with one attached hydrogen (secondary N) is 1. The lowest BCUT2D eigenvalue weighted by Crippen LogP contribution is -2.47. The van der Waals surface area contributed by atoms with E-state index < -0.39 is 0 Å². The molecule has 1 unspecified atom stereocenters. The summed E-state index contributed by atoms with van der Waals surface area (Å²) in [5.74, 6) is 0.104. The summed E-state index contributed by atoms with van der Waals surface area (Å²) < 4.78 is 7.17. The highest BCUT2D eigenvalue weighted by molar-refractivity contribution is 9.11. The number of morpholine rings is 1. The fourth-order valence-electron chi connectivity index (χ4n) is 2.17. The third-order valence-corrected chi connectivity index (χ3v) is 4.49. The molecule has 20 heavy (non-hydrogen) atoms. The average molecular weight is 406 g/mol. The standard InChI is InChI=1S/C14H18Br2N2O2/c1-9-7-11(15)13(12(16)8-9)17-10(2)14(19)18-3-5-20-6-4-18/h7-8,10,17H,3-6H2,1-2H3. The largest absolute Gasteiger partial charge is 0.378 e. The van der Waals surface area contributed by atoms with Gasteiger partial charge in [0.05, 0.1) is 18.9 Å². The molecule has 0 saturated carbocycles. The Bertz CT molecular complexity index is 479. The molecular formula is C14H18Br2N2O2. The molecule has 0 aliphatic carbocycles. The second kappa shape index (κ2) is 6.91. The van der Waals surface area contributed by atoms with Crippen molar-refractivity contribution in [3.63, 3.8) is 0 Å². The highest BCUT2D eigenvalue weighted by Crippen LogP contribution is 2.32. The minimum atomic E-state index is -0.275. The summed E-state index contributed by atoms with van der Waals surface area (Å²) in [6.07, 6.45) is 0. The molecule has 1 atom stereocenters. The van der Waals surface area contributed by atoms with Gasteiger partial charge in [0.25, 0.3) is 0 Å². The van der Waals surface area contributed by atoms with Crippen molar-refractivity contribution in [1.29, 1.82) is 0 Å². The Hall–Kier alpha value is -0.590. The highest BCUT2D eigenvalue weighted by Gasteiger charge is 2.23. The number of anilines is 1. The normalized spacial score (nSPS) is 16.9. The van der Waals surface area contributed by atoms with E-state index in [0.717, 1.165) is 20.2 Å². The summed E-state index contributed by atoms with van der Waals surface area (Å²) in [5.41, 5.74) is 2.06. The summed E-state index contributed by atoms with van der Waals surface area (Å²) in [5, 5.41) is 3.28. The molecule has 0 spiro atoms. The van der Waals surface area contributed by atoms with E-state index in [4.69, 9.17) is 4.74 Å². The summed E-state index contributed by atoms with van der Waals surface area (Å²) in [6.45, 7) is 6.49. The van der Waals surface area contributed by atoms with Crippen LogP contribution in [-0.4, -0.2) is 43.2 Å². The number of nitrogens with zero attached hydrogens (tertiary/aromatic N) is 1. The van der Waals surface area contributed by atoms with Gasteiger partial charge in [-0.3, -0.25) is 4.79 Å². The maximum Gasteiger partial charge on any atom is 0.244 e. The number of amides is 1. The Balaban J connectivity index is 2.07. The molecule has 1 heterocycles. The lowest BCUT2D eigenvalue weighted by Gasteiger charge is -2.30. The van der Waals surface area contributed by atoms with E-state index in [1.807, 2.05) is 30.9 Å². The van der Waals surface area contributed by atoms with Crippen molar-refractivity contribution >= 4 is 43.5 Å². The fraction of sp³-hybridized carbons (Fsp3) is 0.500. The first-order valence-electron chi connectivity index (χ1n) is 6.57. The zero-order valence-corrected chi connectivity index (χ0v) is 14.8. The topological polar surface area (TPSA) is 41.6 Å². The SMILES string of the molecule is Cc1cc(Br)c(NC(C)C(=O)N2CCOCC2)c(Br)c1. The van der Waals surface area contributed by atoms with Gasteiger partial charge < -0.3 is 15.0 Å². The first-order valence-corrected chi connectivity index (χ1v) is 8.16. The van der Waals surface area contributed by atoms with Gasteiger partial charge in [-0.1, -0.05) is 0 Å². The van der Waals surface area contributed by atoms with E-state index in [0.29, 0.717) is 26.3 Å². The monoisotopic (exact) mass is 404 g/mol. The predicted octanol–water partition coefficient (Wildman–Crippen LogP) is 3.18.